The molecular weight excluding hydrogens is 223 g/mol. The van der Waals surface area contributed by atoms with Crippen LogP contribution in [0.3, 0.4) is 0 Å². The van der Waals surface area contributed by atoms with Gasteiger partial charge < -0.3 is 5.11 Å². The highest BCUT2D eigenvalue weighted by Crippen LogP contribution is 2.27. The molecule has 0 aliphatic heterocycles. The average molecular weight is 229 g/mol. The number of carbonyl (C=O) groups is 2. The van der Waals surface area contributed by atoms with Gasteiger partial charge in [0.1, 0.15) is 5.78 Å². The Labute approximate surface area is 71.5 Å². The quantitative estimate of drug-likeness (QED) is 0.744. The Kier molecular flexibility index (Phi) is 3.31. The fraction of sp³-hybridized carbons (Fsp3) is 0.600. The van der Waals surface area contributed by atoms with Gasteiger partial charge in [-0.3, -0.25) is 4.79 Å². The first-order chi connectivity index (χ1) is 4.36. The average Bonchev–Trinajstić information content (AvgIpc) is 1.60. The molecule has 58 valence electrons. The van der Waals surface area contributed by atoms with Crippen molar-refractivity contribution in [2.24, 2.45) is 0 Å². The van der Waals surface area contributed by atoms with Gasteiger partial charge in [0.2, 0.25) is 3.78 Å². The number of rotatable bonds is 3. The number of aliphatic carboxylic acids is 1. The van der Waals surface area contributed by atoms with Crippen molar-refractivity contribution in [3.05, 3.63) is 0 Å². The van der Waals surface area contributed by atoms with Crippen molar-refractivity contribution in [1.29, 1.82) is 0 Å². The molecule has 0 saturated carbocycles. The third-order valence-electron chi connectivity index (χ3n) is 0.784. The molecule has 0 aliphatic rings. The van der Waals surface area contributed by atoms with Gasteiger partial charge in [-0.25, -0.2) is 4.79 Å². The fourth-order valence-corrected chi connectivity index (χ4v) is 0.971. The zero-order valence-corrected chi connectivity index (χ0v) is 7.57. The monoisotopic (exact) mass is 228 g/mol. The zero-order chi connectivity index (χ0) is 8.36. The summed E-state index contributed by atoms with van der Waals surface area (Å²) in [5.41, 5.74) is 0. The highest BCUT2D eigenvalue weighted by Gasteiger charge is 2.33. The summed E-state index contributed by atoms with van der Waals surface area (Å²) in [6.45, 7) is 1.28. The number of hydrogen-bond acceptors (Lipinski definition) is 2. The lowest BCUT2D eigenvalue weighted by Crippen LogP contribution is -2.27. The van der Waals surface area contributed by atoms with Crippen molar-refractivity contribution in [3.8, 4) is 0 Å². The van der Waals surface area contributed by atoms with Crippen molar-refractivity contribution < 1.29 is 14.7 Å². The molecule has 0 spiro atoms. The first-order valence-electron chi connectivity index (χ1n) is 2.47. The lowest BCUT2D eigenvalue weighted by atomic mass is 10.2. The lowest BCUT2D eigenvalue weighted by molar-refractivity contribution is -0.138. The molecule has 0 aromatic heterocycles. The van der Waals surface area contributed by atoms with Gasteiger partial charge in [-0.15, -0.1) is 0 Å². The van der Waals surface area contributed by atoms with E-state index >= 15 is 0 Å². The maximum Gasteiger partial charge on any atom is 0.336 e. The van der Waals surface area contributed by atoms with Gasteiger partial charge in [0.05, 0.1) is 0 Å². The third-order valence-corrected chi connectivity index (χ3v) is 1.70. The molecule has 3 nitrogen and oxygen atoms in total. The molecule has 0 rings (SSSR count). The Hall–Kier alpha value is -0.0900. The normalized spacial score (nSPS) is 15.9. The fourth-order valence-electron chi connectivity index (χ4n) is 0.388. The van der Waals surface area contributed by atoms with E-state index in [-0.39, 0.29) is 12.2 Å². The van der Waals surface area contributed by atoms with E-state index in [9.17, 15) is 9.59 Å². The molecule has 10 heavy (non-hydrogen) atoms. The minimum atomic E-state index is -1.63. The Morgan fingerprint density at radius 3 is 2.20 bits per heavy atom. The number of carboxylic acid groups (broad SMARTS) is 1. The summed E-state index contributed by atoms with van der Waals surface area (Å²) in [5.74, 6) is -1.52. The molecule has 0 amide bonds. The summed E-state index contributed by atoms with van der Waals surface area (Å²) >= 11 is 8.05. The van der Waals surface area contributed by atoms with Crippen molar-refractivity contribution >= 4 is 39.3 Å². The number of hydrogen-bond donors (Lipinski definition) is 1. The van der Waals surface area contributed by atoms with E-state index in [1.807, 2.05) is 0 Å². The van der Waals surface area contributed by atoms with Crippen LogP contribution in [0.2, 0.25) is 0 Å². The van der Waals surface area contributed by atoms with E-state index in [0.717, 1.165) is 0 Å². The molecule has 0 aromatic carbocycles. The maximum absolute atomic E-state index is 10.4. The Bertz CT molecular complexity index is 166. The number of carboxylic acids is 1. The molecule has 1 N–H and O–H groups in total. The van der Waals surface area contributed by atoms with Gasteiger partial charge >= 0.3 is 5.97 Å². The van der Waals surface area contributed by atoms with Gasteiger partial charge in [0.15, 0.2) is 0 Å². The number of ketones is 1. The molecule has 0 aliphatic carbocycles. The van der Waals surface area contributed by atoms with Crippen molar-refractivity contribution in [2.45, 2.75) is 17.1 Å². The van der Waals surface area contributed by atoms with Crippen LogP contribution in [0.5, 0.6) is 0 Å². The van der Waals surface area contributed by atoms with Gasteiger partial charge in [-0.05, 0) is 6.92 Å². The first kappa shape index (κ1) is 9.91. The third kappa shape index (κ3) is 3.17. The second-order valence-electron chi connectivity index (χ2n) is 1.89. The van der Waals surface area contributed by atoms with E-state index in [2.05, 4.69) is 15.9 Å². The Balaban J connectivity index is 4.13. The minimum Gasteiger partial charge on any atom is -0.479 e. The molecule has 0 saturated heterocycles. The predicted octanol–water partition coefficient (Wildman–Crippen LogP) is 1.38. The number of alkyl halides is 2. The predicted molar refractivity (Wildman–Crippen MR) is 40.4 cm³/mol. The highest BCUT2D eigenvalue weighted by atomic mass is 79.9. The van der Waals surface area contributed by atoms with Crippen molar-refractivity contribution in [3.63, 3.8) is 0 Å². The van der Waals surface area contributed by atoms with Crippen LogP contribution in [0.1, 0.15) is 13.3 Å². The van der Waals surface area contributed by atoms with Crippen molar-refractivity contribution in [1.82, 2.24) is 0 Å². The molecule has 0 heterocycles. The van der Waals surface area contributed by atoms with Crippen LogP contribution in [0.15, 0.2) is 0 Å². The summed E-state index contributed by atoms with van der Waals surface area (Å²) in [6, 6.07) is 0. The standard InChI is InChI=1S/C5H6BrClO3/c1-3(8)2-5(6,7)4(9)10/h2H2,1H3,(H,9,10). The van der Waals surface area contributed by atoms with Crippen LogP contribution in [-0.4, -0.2) is 20.6 Å². The largest absolute Gasteiger partial charge is 0.479 e. The van der Waals surface area contributed by atoms with Crippen LogP contribution in [-0.2, 0) is 9.59 Å². The number of Topliss-reactive ketones (excluding diaryl/α,β-unsaturated/α-hetero) is 1. The van der Waals surface area contributed by atoms with Crippen LogP contribution >= 0.6 is 27.5 Å². The molecule has 0 bridgehead atoms. The van der Waals surface area contributed by atoms with E-state index in [1.165, 1.54) is 6.92 Å². The van der Waals surface area contributed by atoms with Crippen LogP contribution in [0, 0.1) is 0 Å². The van der Waals surface area contributed by atoms with Gasteiger partial charge in [-0.1, -0.05) is 27.5 Å². The smallest absolute Gasteiger partial charge is 0.336 e. The summed E-state index contributed by atoms with van der Waals surface area (Å²) < 4.78 is -1.63. The topological polar surface area (TPSA) is 54.4 Å². The first-order valence-corrected chi connectivity index (χ1v) is 3.64. The zero-order valence-electron chi connectivity index (χ0n) is 5.23. The lowest BCUT2D eigenvalue weighted by Gasteiger charge is -2.10. The summed E-state index contributed by atoms with van der Waals surface area (Å²) in [6.07, 6.45) is -0.218. The van der Waals surface area contributed by atoms with E-state index in [1.54, 1.807) is 0 Å². The summed E-state index contributed by atoms with van der Waals surface area (Å²) in [7, 11) is 0. The molecule has 0 aromatic rings. The Morgan fingerprint density at radius 1 is 1.70 bits per heavy atom. The number of carbonyl (C=O) groups excluding carboxylic acids is 1. The molecule has 1 unspecified atom stereocenters. The van der Waals surface area contributed by atoms with Gasteiger partial charge in [0.25, 0.3) is 0 Å². The Morgan fingerprint density at radius 2 is 2.10 bits per heavy atom. The van der Waals surface area contributed by atoms with Crippen LogP contribution in [0.4, 0.5) is 0 Å². The minimum absolute atomic E-state index is 0.218. The van der Waals surface area contributed by atoms with E-state index < -0.39 is 9.75 Å². The second kappa shape index (κ2) is 3.34. The van der Waals surface area contributed by atoms with Gasteiger partial charge in [0, 0.05) is 6.42 Å². The maximum atomic E-state index is 10.4. The van der Waals surface area contributed by atoms with E-state index in [4.69, 9.17) is 16.7 Å². The summed E-state index contributed by atoms with van der Waals surface area (Å²) in [4.78, 5) is 20.6. The molecule has 5 heteroatoms. The molecule has 1 atom stereocenters. The summed E-state index contributed by atoms with van der Waals surface area (Å²) in [5, 5.41) is 8.36. The van der Waals surface area contributed by atoms with Crippen LogP contribution < -0.4 is 0 Å². The second-order valence-corrected chi connectivity index (χ2v) is 4.34. The van der Waals surface area contributed by atoms with Crippen LogP contribution in [0.25, 0.3) is 0 Å². The SMILES string of the molecule is CC(=O)CC(Cl)(Br)C(=O)O. The molecular formula is C5H6BrClO3. The molecule has 0 fully saturated rings. The van der Waals surface area contributed by atoms with Crippen molar-refractivity contribution in [2.75, 3.05) is 0 Å². The highest BCUT2D eigenvalue weighted by molar-refractivity contribution is 9.10. The number of halogens is 2. The molecule has 0 radical (unpaired) electrons. The van der Waals surface area contributed by atoms with E-state index in [0.29, 0.717) is 0 Å². The van der Waals surface area contributed by atoms with Gasteiger partial charge in [-0.2, -0.15) is 0 Å².